The second-order valence-electron chi connectivity index (χ2n) is 5.60. The fourth-order valence-electron chi connectivity index (χ4n) is 2.34. The van der Waals surface area contributed by atoms with Gasteiger partial charge in [-0.05, 0) is 18.6 Å². The van der Waals surface area contributed by atoms with Crippen molar-refractivity contribution in [2.24, 2.45) is 0 Å². The minimum absolute atomic E-state index is 0.129. The highest BCUT2D eigenvalue weighted by molar-refractivity contribution is 5.93. The zero-order valence-corrected chi connectivity index (χ0v) is 13.6. The Bertz CT molecular complexity index is 589. The van der Waals surface area contributed by atoms with E-state index < -0.39 is 49.0 Å². The lowest BCUT2D eigenvalue weighted by Gasteiger charge is -2.39. The number of ether oxygens (including phenoxy) is 3. The molecule has 0 aromatic heterocycles. The van der Waals surface area contributed by atoms with E-state index in [0.717, 1.165) is 0 Å². The van der Waals surface area contributed by atoms with Gasteiger partial charge < -0.3 is 39.7 Å². The number of carbonyl (C=O) groups is 1. The largest absolute Gasteiger partial charge is 0.504 e. The van der Waals surface area contributed by atoms with Gasteiger partial charge in [-0.15, -0.1) is 0 Å². The van der Waals surface area contributed by atoms with Crippen LogP contribution in [0.15, 0.2) is 18.2 Å². The van der Waals surface area contributed by atoms with Gasteiger partial charge >= 0.3 is 5.97 Å². The Morgan fingerprint density at radius 2 is 1.92 bits per heavy atom. The summed E-state index contributed by atoms with van der Waals surface area (Å²) in [6.45, 7) is 1.40. The third kappa shape index (κ3) is 4.20. The fraction of sp³-hybridized carbons (Fsp3) is 0.562. The Hall–Kier alpha value is -1.91. The van der Waals surface area contributed by atoms with Crippen molar-refractivity contribution in [2.45, 2.75) is 44.1 Å². The van der Waals surface area contributed by atoms with Gasteiger partial charge in [0.15, 0.2) is 11.5 Å². The first kappa shape index (κ1) is 19.4. The molecule has 0 unspecified atom stereocenters. The van der Waals surface area contributed by atoms with E-state index in [0.29, 0.717) is 6.42 Å². The highest BCUT2D eigenvalue weighted by Gasteiger charge is 2.45. The first-order valence-electron chi connectivity index (χ1n) is 7.87. The molecule has 9 heteroatoms. The van der Waals surface area contributed by atoms with E-state index in [1.165, 1.54) is 18.2 Å². The van der Waals surface area contributed by atoms with Gasteiger partial charge in [0.05, 0.1) is 13.2 Å². The van der Waals surface area contributed by atoms with Crippen LogP contribution in [0.4, 0.5) is 0 Å². The van der Waals surface area contributed by atoms with Crippen molar-refractivity contribution in [3.63, 3.8) is 0 Å². The monoisotopic (exact) mass is 358 g/mol. The van der Waals surface area contributed by atoms with Gasteiger partial charge in [0.1, 0.15) is 30.0 Å². The zero-order valence-electron chi connectivity index (χ0n) is 13.6. The van der Waals surface area contributed by atoms with Crippen molar-refractivity contribution in [2.75, 3.05) is 13.2 Å². The molecule has 1 aliphatic rings. The molecule has 5 N–H and O–H groups in total. The Morgan fingerprint density at radius 1 is 1.20 bits per heavy atom. The number of hydrogen-bond donors (Lipinski definition) is 5. The van der Waals surface area contributed by atoms with E-state index >= 15 is 0 Å². The van der Waals surface area contributed by atoms with Crippen LogP contribution in [0.1, 0.15) is 23.7 Å². The summed E-state index contributed by atoms with van der Waals surface area (Å²) in [5, 5.41) is 48.8. The lowest BCUT2D eigenvalue weighted by Crippen LogP contribution is -2.60. The van der Waals surface area contributed by atoms with E-state index in [1.54, 1.807) is 0 Å². The Kier molecular flexibility index (Phi) is 6.57. The molecule has 0 saturated carbocycles. The SMILES string of the molecule is CCCOC(=O)c1cccc(O[C@@H]2O[C@H](CO)[C@@H](O)[C@H](O)[C@H]2O)c1O. The number of aliphatic hydroxyl groups excluding tert-OH is 4. The summed E-state index contributed by atoms with van der Waals surface area (Å²) in [6.07, 6.45) is -6.77. The summed E-state index contributed by atoms with van der Waals surface area (Å²) in [5.41, 5.74) is -0.129. The summed E-state index contributed by atoms with van der Waals surface area (Å²) in [5.74, 6) is -1.44. The Labute approximate surface area is 144 Å². The second-order valence-corrected chi connectivity index (χ2v) is 5.60. The molecule has 140 valence electrons. The summed E-state index contributed by atoms with van der Waals surface area (Å²) in [7, 11) is 0. The number of aromatic hydroxyl groups is 1. The van der Waals surface area contributed by atoms with Gasteiger partial charge in [0, 0.05) is 0 Å². The third-order valence-electron chi connectivity index (χ3n) is 3.75. The lowest BCUT2D eigenvalue weighted by atomic mass is 9.99. The summed E-state index contributed by atoms with van der Waals surface area (Å²) in [6, 6.07) is 4.10. The number of rotatable bonds is 6. The van der Waals surface area contributed by atoms with Crippen molar-refractivity contribution in [3.05, 3.63) is 23.8 Å². The van der Waals surface area contributed by atoms with Gasteiger partial charge in [-0.3, -0.25) is 0 Å². The smallest absolute Gasteiger partial charge is 0.342 e. The van der Waals surface area contributed by atoms with Crippen LogP contribution >= 0.6 is 0 Å². The van der Waals surface area contributed by atoms with Gasteiger partial charge in [-0.2, -0.15) is 0 Å². The number of aliphatic hydroxyl groups is 4. The molecule has 0 bridgehead atoms. The van der Waals surface area contributed by atoms with Crippen LogP contribution in [0, 0.1) is 0 Å². The molecule has 0 spiro atoms. The van der Waals surface area contributed by atoms with Gasteiger partial charge in [-0.25, -0.2) is 4.79 Å². The van der Waals surface area contributed by atoms with Crippen LogP contribution in [0.5, 0.6) is 11.5 Å². The molecule has 1 aromatic rings. The van der Waals surface area contributed by atoms with Gasteiger partial charge in [0.25, 0.3) is 0 Å². The van der Waals surface area contributed by atoms with Gasteiger partial charge in [-0.1, -0.05) is 13.0 Å². The number of para-hydroxylation sites is 1. The number of carbonyl (C=O) groups excluding carboxylic acids is 1. The van der Waals surface area contributed by atoms with E-state index in [1.807, 2.05) is 6.92 Å². The molecule has 1 aromatic carbocycles. The van der Waals surface area contributed by atoms with E-state index in [9.17, 15) is 25.2 Å². The maximum absolute atomic E-state index is 11.9. The normalized spacial score (nSPS) is 29.2. The molecule has 1 heterocycles. The van der Waals surface area contributed by atoms with Crippen LogP contribution in [-0.2, 0) is 9.47 Å². The van der Waals surface area contributed by atoms with E-state index in [2.05, 4.69) is 0 Å². The molecule has 0 radical (unpaired) electrons. The van der Waals surface area contributed by atoms with E-state index in [4.69, 9.17) is 19.3 Å². The van der Waals surface area contributed by atoms with Crippen LogP contribution in [0.2, 0.25) is 0 Å². The minimum Gasteiger partial charge on any atom is -0.504 e. The molecule has 1 fully saturated rings. The molecule has 25 heavy (non-hydrogen) atoms. The van der Waals surface area contributed by atoms with Crippen molar-refractivity contribution >= 4 is 5.97 Å². The first-order chi connectivity index (χ1) is 11.9. The molecule has 5 atom stereocenters. The summed E-state index contributed by atoms with van der Waals surface area (Å²) >= 11 is 0. The Morgan fingerprint density at radius 3 is 2.56 bits per heavy atom. The molecule has 2 rings (SSSR count). The van der Waals surface area contributed by atoms with Crippen molar-refractivity contribution in [1.82, 2.24) is 0 Å². The molecular formula is C16H22O9. The molecule has 9 nitrogen and oxygen atoms in total. The van der Waals surface area contributed by atoms with Crippen LogP contribution in [0.25, 0.3) is 0 Å². The maximum Gasteiger partial charge on any atom is 0.342 e. The van der Waals surface area contributed by atoms with Crippen LogP contribution in [0.3, 0.4) is 0 Å². The quantitative estimate of drug-likeness (QED) is 0.410. The number of hydrogen-bond acceptors (Lipinski definition) is 9. The average molecular weight is 358 g/mol. The average Bonchev–Trinajstić information content (AvgIpc) is 2.61. The standard InChI is InChI=1S/C16H22O9/c1-2-6-23-15(22)8-4-3-5-9(11(8)18)24-16-14(21)13(20)12(19)10(7-17)25-16/h3-5,10,12-14,16-21H,2,6-7H2,1H3/t10-,12-,13+,14-,16-/m1/s1. The number of benzene rings is 1. The molecule has 0 aliphatic carbocycles. The maximum atomic E-state index is 11.9. The number of phenols is 1. The predicted molar refractivity (Wildman–Crippen MR) is 83.1 cm³/mol. The van der Waals surface area contributed by atoms with Crippen LogP contribution in [-0.4, -0.2) is 75.4 Å². The Balaban J connectivity index is 2.18. The van der Waals surface area contributed by atoms with Crippen molar-refractivity contribution < 1.29 is 44.5 Å². The minimum atomic E-state index is -1.63. The molecule has 1 saturated heterocycles. The highest BCUT2D eigenvalue weighted by Crippen LogP contribution is 2.33. The molecule has 0 amide bonds. The predicted octanol–water partition coefficient (Wildman–Crippen LogP) is -0.862. The third-order valence-corrected chi connectivity index (χ3v) is 3.75. The summed E-state index contributed by atoms with van der Waals surface area (Å²) < 4.78 is 15.5. The van der Waals surface area contributed by atoms with Crippen LogP contribution < -0.4 is 4.74 Å². The number of phenolic OH excluding ortho intramolecular Hbond substituents is 1. The zero-order chi connectivity index (χ0) is 18.6. The highest BCUT2D eigenvalue weighted by atomic mass is 16.7. The topological polar surface area (TPSA) is 146 Å². The van der Waals surface area contributed by atoms with Crippen molar-refractivity contribution in [3.8, 4) is 11.5 Å². The van der Waals surface area contributed by atoms with Crippen molar-refractivity contribution in [1.29, 1.82) is 0 Å². The number of esters is 1. The molecule has 1 aliphatic heterocycles. The lowest BCUT2D eigenvalue weighted by molar-refractivity contribution is -0.277. The molecular weight excluding hydrogens is 336 g/mol. The second kappa shape index (κ2) is 8.45. The van der Waals surface area contributed by atoms with Gasteiger partial charge in [0.2, 0.25) is 6.29 Å². The summed E-state index contributed by atoms with van der Waals surface area (Å²) in [4.78, 5) is 11.9. The van der Waals surface area contributed by atoms with E-state index in [-0.39, 0.29) is 17.9 Å². The first-order valence-corrected chi connectivity index (χ1v) is 7.87. The fourth-order valence-corrected chi connectivity index (χ4v) is 2.34.